The van der Waals surface area contributed by atoms with Crippen LogP contribution in [0, 0.1) is 13.8 Å². The van der Waals surface area contributed by atoms with Crippen molar-refractivity contribution in [2.45, 2.75) is 39.0 Å². The fourth-order valence-electron chi connectivity index (χ4n) is 2.97. The van der Waals surface area contributed by atoms with Gasteiger partial charge in [0.25, 0.3) is 0 Å². The van der Waals surface area contributed by atoms with E-state index in [1.165, 1.54) is 29.7 Å². The quantitative estimate of drug-likeness (QED) is 0.939. The fourth-order valence-corrected chi connectivity index (χ4v) is 2.97. The highest BCUT2D eigenvalue weighted by Crippen LogP contribution is 2.22. The molecule has 21 heavy (non-hydrogen) atoms. The molecule has 2 aromatic rings. The summed E-state index contributed by atoms with van der Waals surface area (Å²) in [5.74, 6) is 1.43. The number of nitrogens with one attached hydrogen (secondary N) is 1. The first-order chi connectivity index (χ1) is 10.2. The fraction of sp³-hybridized carbons (Fsp3) is 0.444. The first-order valence-corrected chi connectivity index (χ1v) is 7.81. The van der Waals surface area contributed by atoms with E-state index in [1.807, 2.05) is 6.92 Å². The van der Waals surface area contributed by atoms with Crippen LogP contribution in [0.4, 0.5) is 0 Å². The van der Waals surface area contributed by atoms with Crippen LogP contribution in [0.15, 0.2) is 30.3 Å². The number of piperidine rings is 1. The van der Waals surface area contributed by atoms with Crippen LogP contribution >= 0.6 is 0 Å². The van der Waals surface area contributed by atoms with Gasteiger partial charge < -0.3 is 5.32 Å². The normalized spacial score (nSPS) is 18.7. The third kappa shape index (κ3) is 3.67. The van der Waals surface area contributed by atoms with Crippen LogP contribution in [-0.4, -0.2) is 23.1 Å². The molecule has 1 atom stereocenters. The molecule has 3 rings (SSSR count). The second-order valence-electron chi connectivity index (χ2n) is 6.04. The van der Waals surface area contributed by atoms with Crippen molar-refractivity contribution >= 4 is 0 Å². The summed E-state index contributed by atoms with van der Waals surface area (Å²) in [7, 11) is 0. The van der Waals surface area contributed by atoms with Crippen molar-refractivity contribution in [1.29, 1.82) is 0 Å². The van der Waals surface area contributed by atoms with Crippen molar-refractivity contribution < 1.29 is 0 Å². The highest BCUT2D eigenvalue weighted by atomic mass is 14.9. The second-order valence-corrected chi connectivity index (χ2v) is 6.04. The lowest BCUT2D eigenvalue weighted by molar-refractivity contribution is 0.453. The third-order valence-corrected chi connectivity index (χ3v) is 4.13. The monoisotopic (exact) mass is 281 g/mol. The highest BCUT2D eigenvalue weighted by molar-refractivity contribution is 5.27. The molecule has 3 nitrogen and oxygen atoms in total. The minimum absolute atomic E-state index is 0.539. The van der Waals surface area contributed by atoms with E-state index in [0.29, 0.717) is 5.92 Å². The smallest absolute Gasteiger partial charge is 0.125 e. The van der Waals surface area contributed by atoms with E-state index in [1.54, 1.807) is 0 Å². The van der Waals surface area contributed by atoms with Gasteiger partial charge >= 0.3 is 0 Å². The highest BCUT2D eigenvalue weighted by Gasteiger charge is 2.17. The topological polar surface area (TPSA) is 37.8 Å². The van der Waals surface area contributed by atoms with Gasteiger partial charge in [-0.15, -0.1) is 0 Å². The zero-order valence-electron chi connectivity index (χ0n) is 12.9. The van der Waals surface area contributed by atoms with Gasteiger partial charge in [-0.25, -0.2) is 9.97 Å². The Morgan fingerprint density at radius 2 is 1.95 bits per heavy atom. The second kappa shape index (κ2) is 6.35. The summed E-state index contributed by atoms with van der Waals surface area (Å²) in [5.41, 5.74) is 4.95. The lowest BCUT2D eigenvalue weighted by atomic mass is 9.95. The van der Waals surface area contributed by atoms with Gasteiger partial charge in [0.05, 0.1) is 0 Å². The molecule has 0 unspecified atom stereocenters. The number of benzene rings is 1. The number of aromatic nitrogens is 2. The predicted molar refractivity (Wildman–Crippen MR) is 85.6 cm³/mol. The Kier molecular flexibility index (Phi) is 4.30. The van der Waals surface area contributed by atoms with Crippen LogP contribution < -0.4 is 5.32 Å². The zero-order valence-corrected chi connectivity index (χ0v) is 12.9. The molecule has 110 valence electrons. The molecule has 2 heterocycles. The first kappa shape index (κ1) is 14.2. The molecular formula is C18H23N3. The van der Waals surface area contributed by atoms with Crippen LogP contribution in [0.5, 0.6) is 0 Å². The summed E-state index contributed by atoms with van der Waals surface area (Å²) < 4.78 is 0. The van der Waals surface area contributed by atoms with E-state index in [4.69, 9.17) is 0 Å². The molecular weight excluding hydrogens is 258 g/mol. The summed E-state index contributed by atoms with van der Waals surface area (Å²) in [4.78, 5) is 9.28. The van der Waals surface area contributed by atoms with E-state index in [0.717, 1.165) is 31.0 Å². The Hall–Kier alpha value is -1.74. The van der Waals surface area contributed by atoms with E-state index < -0.39 is 0 Å². The van der Waals surface area contributed by atoms with Crippen LogP contribution in [-0.2, 0) is 6.42 Å². The summed E-state index contributed by atoms with van der Waals surface area (Å²) in [5, 5.41) is 3.47. The Bertz CT molecular complexity index is 598. The molecule has 1 aliphatic rings. The first-order valence-electron chi connectivity index (χ1n) is 7.81. The van der Waals surface area contributed by atoms with Crippen molar-refractivity contribution in [3.8, 4) is 0 Å². The van der Waals surface area contributed by atoms with Crippen LogP contribution in [0.1, 0.15) is 47.1 Å². The van der Waals surface area contributed by atoms with E-state index in [-0.39, 0.29) is 0 Å². The summed E-state index contributed by atoms with van der Waals surface area (Å²) in [6.45, 7) is 6.29. The predicted octanol–water partition coefficient (Wildman–Crippen LogP) is 3.15. The Labute approximate surface area is 126 Å². The largest absolute Gasteiger partial charge is 0.316 e. The SMILES string of the molecule is Cc1ccc(Cc2cc([C@H]3CCCNC3)nc(C)n2)cc1. The lowest BCUT2D eigenvalue weighted by Gasteiger charge is -2.22. The average molecular weight is 281 g/mol. The van der Waals surface area contributed by atoms with Crippen molar-refractivity contribution in [3.05, 3.63) is 58.7 Å². The molecule has 1 aromatic heterocycles. The van der Waals surface area contributed by atoms with E-state index >= 15 is 0 Å². The summed E-state index contributed by atoms with van der Waals surface area (Å²) in [6, 6.07) is 10.9. The molecule has 1 saturated heterocycles. The molecule has 3 heteroatoms. The zero-order chi connectivity index (χ0) is 14.7. The maximum atomic E-state index is 4.66. The van der Waals surface area contributed by atoms with Gasteiger partial charge in [0.1, 0.15) is 5.82 Å². The van der Waals surface area contributed by atoms with Gasteiger partial charge in [0, 0.05) is 30.3 Å². The summed E-state index contributed by atoms with van der Waals surface area (Å²) in [6.07, 6.45) is 3.35. The van der Waals surface area contributed by atoms with E-state index in [9.17, 15) is 0 Å². The maximum absolute atomic E-state index is 4.66. The molecule has 1 aromatic carbocycles. The molecule has 1 fully saturated rings. The molecule has 1 aliphatic heterocycles. The van der Waals surface area contributed by atoms with Crippen LogP contribution in [0.2, 0.25) is 0 Å². The van der Waals surface area contributed by atoms with E-state index in [2.05, 4.69) is 52.5 Å². The standard InChI is InChI=1S/C18H23N3/c1-13-5-7-15(8-6-13)10-17-11-18(21-14(2)20-17)16-4-3-9-19-12-16/h5-8,11,16,19H,3-4,9-10,12H2,1-2H3/t16-/m0/s1. The average Bonchev–Trinajstić information content (AvgIpc) is 2.50. The lowest BCUT2D eigenvalue weighted by Crippen LogP contribution is -2.29. The molecule has 0 radical (unpaired) electrons. The van der Waals surface area contributed by atoms with Gasteiger partial charge in [0.15, 0.2) is 0 Å². The molecule has 0 bridgehead atoms. The van der Waals surface area contributed by atoms with Crippen molar-refractivity contribution in [2.75, 3.05) is 13.1 Å². The number of hydrogen-bond donors (Lipinski definition) is 1. The molecule has 0 aliphatic carbocycles. The number of aryl methyl sites for hydroxylation is 2. The van der Waals surface area contributed by atoms with Crippen LogP contribution in [0.3, 0.4) is 0 Å². The van der Waals surface area contributed by atoms with Crippen molar-refractivity contribution in [3.63, 3.8) is 0 Å². The molecule has 0 amide bonds. The van der Waals surface area contributed by atoms with Gasteiger partial charge in [-0.2, -0.15) is 0 Å². The minimum Gasteiger partial charge on any atom is -0.316 e. The number of hydrogen-bond acceptors (Lipinski definition) is 3. The minimum atomic E-state index is 0.539. The van der Waals surface area contributed by atoms with Crippen molar-refractivity contribution in [2.24, 2.45) is 0 Å². The Balaban J connectivity index is 1.81. The van der Waals surface area contributed by atoms with Gasteiger partial charge in [0.2, 0.25) is 0 Å². The van der Waals surface area contributed by atoms with Gasteiger partial charge in [-0.3, -0.25) is 0 Å². The van der Waals surface area contributed by atoms with Gasteiger partial charge in [-0.1, -0.05) is 29.8 Å². The number of rotatable bonds is 3. The van der Waals surface area contributed by atoms with Gasteiger partial charge in [-0.05, 0) is 44.9 Å². The Morgan fingerprint density at radius 1 is 1.14 bits per heavy atom. The number of nitrogens with zero attached hydrogens (tertiary/aromatic N) is 2. The molecule has 1 N–H and O–H groups in total. The maximum Gasteiger partial charge on any atom is 0.125 e. The van der Waals surface area contributed by atoms with Crippen molar-refractivity contribution in [1.82, 2.24) is 15.3 Å². The van der Waals surface area contributed by atoms with Crippen LogP contribution in [0.25, 0.3) is 0 Å². The molecule has 0 spiro atoms. The Morgan fingerprint density at radius 3 is 2.67 bits per heavy atom. The summed E-state index contributed by atoms with van der Waals surface area (Å²) >= 11 is 0. The molecule has 0 saturated carbocycles. The third-order valence-electron chi connectivity index (χ3n) is 4.13.